The third-order valence-corrected chi connectivity index (χ3v) is 1.53. The van der Waals surface area contributed by atoms with Crippen LogP contribution in [0.4, 0.5) is 5.82 Å². The second kappa shape index (κ2) is 5.00. The van der Waals surface area contributed by atoms with Crippen LogP contribution in [0.2, 0.25) is 0 Å². The number of anilines is 1. The highest BCUT2D eigenvalue weighted by Crippen LogP contribution is 2.07. The molecule has 1 amide bonds. The highest BCUT2D eigenvalue weighted by molar-refractivity contribution is 5.79. The van der Waals surface area contributed by atoms with E-state index in [-0.39, 0.29) is 12.5 Å². The molecule has 0 aliphatic rings. The minimum atomic E-state index is -0.116. The number of amides is 1. The fourth-order valence-corrected chi connectivity index (χ4v) is 0.791. The van der Waals surface area contributed by atoms with E-state index in [1.54, 1.807) is 7.05 Å². The Balaban J connectivity index is 2.54. The van der Waals surface area contributed by atoms with Crippen molar-refractivity contribution in [1.82, 2.24) is 15.3 Å². The first kappa shape index (κ1) is 10.2. The number of hydrogen-bond acceptors (Lipinski definition) is 5. The number of aromatic nitrogens is 2. The normalized spacial score (nSPS) is 9.29. The summed E-state index contributed by atoms with van der Waals surface area (Å²) < 4.78 is 4.87. The summed E-state index contributed by atoms with van der Waals surface area (Å²) in [6.45, 7) is 0.165. The molecule has 0 radical (unpaired) electrons. The fraction of sp³-hybridized carbons (Fsp3) is 0.375. The van der Waals surface area contributed by atoms with Gasteiger partial charge in [-0.05, 0) is 0 Å². The minimum Gasteiger partial charge on any atom is -0.480 e. The average molecular weight is 196 g/mol. The molecule has 0 bridgehead atoms. The molecule has 0 saturated heterocycles. The predicted octanol–water partition coefficient (Wildman–Crippen LogP) is -0.357. The van der Waals surface area contributed by atoms with E-state index in [1.807, 2.05) is 0 Å². The lowest BCUT2D eigenvalue weighted by Crippen LogP contribution is -2.26. The molecule has 0 fully saturated rings. The molecule has 1 aromatic heterocycles. The van der Waals surface area contributed by atoms with Gasteiger partial charge in [-0.3, -0.25) is 9.78 Å². The maximum Gasteiger partial charge on any atom is 0.239 e. The highest BCUT2D eigenvalue weighted by atomic mass is 16.5. The number of hydrogen-bond donors (Lipinski definition) is 2. The van der Waals surface area contributed by atoms with Crippen molar-refractivity contribution < 1.29 is 9.53 Å². The second-order valence-corrected chi connectivity index (χ2v) is 2.47. The zero-order chi connectivity index (χ0) is 10.4. The molecule has 6 heteroatoms. The Morgan fingerprint density at radius 3 is 3.00 bits per heavy atom. The highest BCUT2D eigenvalue weighted by Gasteiger charge is 2.00. The van der Waals surface area contributed by atoms with Crippen molar-refractivity contribution in [3.8, 4) is 5.88 Å². The molecular weight excluding hydrogens is 184 g/mol. The zero-order valence-corrected chi connectivity index (χ0v) is 8.07. The lowest BCUT2D eigenvalue weighted by molar-refractivity contribution is -0.118. The summed E-state index contributed by atoms with van der Waals surface area (Å²) in [7, 11) is 3.08. The Hall–Kier alpha value is -1.85. The van der Waals surface area contributed by atoms with Crippen molar-refractivity contribution in [3.63, 3.8) is 0 Å². The summed E-state index contributed by atoms with van der Waals surface area (Å²) in [5.41, 5.74) is 0. The van der Waals surface area contributed by atoms with Crippen LogP contribution < -0.4 is 15.4 Å². The predicted molar refractivity (Wildman–Crippen MR) is 51.1 cm³/mol. The maximum absolute atomic E-state index is 10.9. The summed E-state index contributed by atoms with van der Waals surface area (Å²) in [6, 6.07) is 0. The largest absolute Gasteiger partial charge is 0.480 e. The Bertz CT molecular complexity index is 316. The molecule has 2 N–H and O–H groups in total. The summed E-state index contributed by atoms with van der Waals surface area (Å²) in [5, 5.41) is 5.29. The van der Waals surface area contributed by atoms with Gasteiger partial charge in [0.1, 0.15) is 5.82 Å². The van der Waals surface area contributed by atoms with Crippen LogP contribution in [-0.2, 0) is 4.79 Å². The van der Waals surface area contributed by atoms with Crippen molar-refractivity contribution >= 4 is 11.7 Å². The third kappa shape index (κ3) is 2.89. The van der Waals surface area contributed by atoms with E-state index in [0.717, 1.165) is 0 Å². The first-order valence-electron chi connectivity index (χ1n) is 4.06. The smallest absolute Gasteiger partial charge is 0.239 e. The SMILES string of the molecule is CNC(=O)CNc1cncc(OC)n1. The number of carbonyl (C=O) groups is 1. The first-order valence-corrected chi connectivity index (χ1v) is 4.06. The Morgan fingerprint density at radius 1 is 1.57 bits per heavy atom. The molecule has 76 valence electrons. The molecule has 1 heterocycles. The van der Waals surface area contributed by atoms with E-state index >= 15 is 0 Å². The van der Waals surface area contributed by atoms with Crippen LogP contribution in [0.1, 0.15) is 0 Å². The Morgan fingerprint density at radius 2 is 2.36 bits per heavy atom. The number of methoxy groups -OCH3 is 1. The number of carbonyl (C=O) groups excluding carboxylic acids is 1. The van der Waals surface area contributed by atoms with E-state index in [0.29, 0.717) is 11.7 Å². The number of rotatable bonds is 4. The summed E-state index contributed by atoms with van der Waals surface area (Å²) in [5.74, 6) is 0.800. The van der Waals surface area contributed by atoms with Crippen molar-refractivity contribution in [2.75, 3.05) is 26.0 Å². The molecule has 0 aromatic carbocycles. The van der Waals surface area contributed by atoms with Crippen LogP contribution in [0.25, 0.3) is 0 Å². The second-order valence-electron chi connectivity index (χ2n) is 2.47. The topological polar surface area (TPSA) is 76.1 Å². The fourth-order valence-electron chi connectivity index (χ4n) is 0.791. The maximum atomic E-state index is 10.9. The standard InChI is InChI=1S/C8H12N4O2/c1-9-7(13)4-11-6-3-10-5-8(12-6)14-2/h3,5H,4H2,1-2H3,(H,9,13)(H,11,12). The molecular formula is C8H12N4O2. The van der Waals surface area contributed by atoms with Gasteiger partial charge in [0.15, 0.2) is 0 Å². The van der Waals surface area contributed by atoms with E-state index < -0.39 is 0 Å². The zero-order valence-electron chi connectivity index (χ0n) is 8.07. The third-order valence-electron chi connectivity index (χ3n) is 1.53. The van der Waals surface area contributed by atoms with E-state index in [4.69, 9.17) is 4.74 Å². The minimum absolute atomic E-state index is 0.116. The lowest BCUT2D eigenvalue weighted by atomic mass is 10.5. The van der Waals surface area contributed by atoms with Gasteiger partial charge < -0.3 is 15.4 Å². The van der Waals surface area contributed by atoms with Gasteiger partial charge in [0.25, 0.3) is 0 Å². The monoisotopic (exact) mass is 196 g/mol. The van der Waals surface area contributed by atoms with Crippen LogP contribution in [0.3, 0.4) is 0 Å². The molecule has 0 unspecified atom stereocenters. The quantitative estimate of drug-likeness (QED) is 0.688. The number of likely N-dealkylation sites (N-methyl/N-ethyl adjacent to an activating group) is 1. The van der Waals surface area contributed by atoms with E-state index in [9.17, 15) is 4.79 Å². The molecule has 0 aliphatic heterocycles. The van der Waals surface area contributed by atoms with Crippen molar-refractivity contribution in [2.24, 2.45) is 0 Å². The van der Waals surface area contributed by atoms with Crippen molar-refractivity contribution in [1.29, 1.82) is 0 Å². The Kier molecular flexibility index (Phi) is 3.66. The van der Waals surface area contributed by atoms with Crippen LogP contribution >= 0.6 is 0 Å². The summed E-state index contributed by atoms with van der Waals surface area (Å²) >= 11 is 0. The van der Waals surface area contributed by atoms with Crippen LogP contribution in [0, 0.1) is 0 Å². The first-order chi connectivity index (χ1) is 6.76. The molecule has 1 rings (SSSR count). The lowest BCUT2D eigenvalue weighted by Gasteiger charge is -2.04. The molecule has 0 saturated carbocycles. The van der Waals surface area contributed by atoms with Gasteiger partial charge in [0.2, 0.25) is 11.8 Å². The number of nitrogens with one attached hydrogen (secondary N) is 2. The number of ether oxygens (including phenoxy) is 1. The molecule has 0 spiro atoms. The Labute approximate surface area is 81.7 Å². The van der Waals surface area contributed by atoms with Crippen LogP contribution in [0.15, 0.2) is 12.4 Å². The summed E-state index contributed by atoms with van der Waals surface area (Å²) in [4.78, 5) is 18.8. The van der Waals surface area contributed by atoms with E-state index in [2.05, 4.69) is 20.6 Å². The van der Waals surface area contributed by atoms with Gasteiger partial charge in [-0.15, -0.1) is 0 Å². The van der Waals surface area contributed by atoms with Gasteiger partial charge in [0.05, 0.1) is 26.0 Å². The molecule has 6 nitrogen and oxygen atoms in total. The van der Waals surface area contributed by atoms with Crippen molar-refractivity contribution in [3.05, 3.63) is 12.4 Å². The van der Waals surface area contributed by atoms with Gasteiger partial charge >= 0.3 is 0 Å². The van der Waals surface area contributed by atoms with Crippen LogP contribution in [0.5, 0.6) is 5.88 Å². The molecule has 14 heavy (non-hydrogen) atoms. The summed E-state index contributed by atoms with van der Waals surface area (Å²) in [6.07, 6.45) is 3.01. The van der Waals surface area contributed by atoms with Gasteiger partial charge in [-0.25, -0.2) is 0 Å². The van der Waals surface area contributed by atoms with E-state index in [1.165, 1.54) is 19.5 Å². The molecule has 1 aromatic rings. The number of nitrogens with zero attached hydrogens (tertiary/aromatic N) is 2. The molecule has 0 aliphatic carbocycles. The van der Waals surface area contributed by atoms with Crippen LogP contribution in [-0.4, -0.2) is 36.6 Å². The molecule has 0 atom stereocenters. The van der Waals surface area contributed by atoms with Gasteiger partial charge in [0, 0.05) is 7.05 Å². The van der Waals surface area contributed by atoms with Gasteiger partial charge in [-0.2, -0.15) is 4.98 Å². The van der Waals surface area contributed by atoms with Crippen molar-refractivity contribution in [2.45, 2.75) is 0 Å². The van der Waals surface area contributed by atoms with Gasteiger partial charge in [-0.1, -0.05) is 0 Å². The average Bonchev–Trinajstić information content (AvgIpc) is 2.26.